The predicted molar refractivity (Wildman–Crippen MR) is 129 cm³/mol. The molecule has 0 aliphatic carbocycles. The van der Waals surface area contributed by atoms with Crippen LogP contribution in [0.1, 0.15) is 30.8 Å². The second-order valence-electron chi connectivity index (χ2n) is 7.81. The molecular weight excluding hydrogens is 500 g/mol. The summed E-state index contributed by atoms with van der Waals surface area (Å²) in [7, 11) is 0. The second-order valence-corrected chi connectivity index (χ2v) is 12.3. The van der Waals surface area contributed by atoms with Crippen LogP contribution in [-0.2, 0) is 6.42 Å². The van der Waals surface area contributed by atoms with E-state index >= 15 is 0 Å². The van der Waals surface area contributed by atoms with Gasteiger partial charge in [0.05, 0.1) is 0 Å². The van der Waals surface area contributed by atoms with E-state index in [4.69, 9.17) is 9.97 Å². The zero-order chi connectivity index (χ0) is 20.1. The van der Waals surface area contributed by atoms with Gasteiger partial charge in [-0.3, -0.25) is 0 Å². The standard InChI is InChI=1S/C25H21N3Se2/c1-2-3-5-10-24-27-20-11-16-17-12-21-23(14-19(17)26-18(16)13-22(20)29-24)30-25(28-21)15-8-6-4-7-9-15/h4,6-9,11-14,26H,2-3,5,10H2,1H3. The predicted octanol–water partition coefficient (Wildman–Crippen LogP) is 5.93. The molecule has 3 heterocycles. The third kappa shape index (κ3) is 3.18. The van der Waals surface area contributed by atoms with Gasteiger partial charge in [0.25, 0.3) is 0 Å². The van der Waals surface area contributed by atoms with E-state index in [9.17, 15) is 0 Å². The number of aromatic nitrogens is 3. The molecule has 0 radical (unpaired) electrons. The van der Waals surface area contributed by atoms with Gasteiger partial charge in [-0.15, -0.1) is 0 Å². The molecule has 0 saturated carbocycles. The molecule has 0 atom stereocenters. The Hall–Kier alpha value is -2.16. The molecule has 148 valence electrons. The van der Waals surface area contributed by atoms with Crippen molar-refractivity contribution < 1.29 is 0 Å². The SMILES string of the molecule is CCCCCc1nc2cc3c(cc2[se]1)[nH]c1cc2[se]c(-c4ccccc4)nc2cc13. The number of hydrogen-bond donors (Lipinski definition) is 1. The quantitative estimate of drug-likeness (QED) is 0.226. The Labute approximate surface area is 186 Å². The van der Waals surface area contributed by atoms with Gasteiger partial charge < -0.3 is 0 Å². The van der Waals surface area contributed by atoms with E-state index in [0.717, 1.165) is 11.9 Å². The zero-order valence-corrected chi connectivity index (χ0v) is 20.2. The second kappa shape index (κ2) is 7.51. The average Bonchev–Trinajstić information content (AvgIpc) is 3.45. The molecule has 0 saturated heterocycles. The molecule has 6 rings (SSSR count). The topological polar surface area (TPSA) is 41.6 Å². The third-order valence-corrected chi connectivity index (χ3v) is 10.2. The first-order chi connectivity index (χ1) is 14.8. The molecular formula is C25H21N3Se2. The van der Waals surface area contributed by atoms with Gasteiger partial charge in [-0.05, 0) is 0 Å². The van der Waals surface area contributed by atoms with Crippen LogP contribution in [0.15, 0.2) is 54.6 Å². The van der Waals surface area contributed by atoms with Gasteiger partial charge in [0.1, 0.15) is 0 Å². The van der Waals surface area contributed by atoms with Gasteiger partial charge in [-0.1, -0.05) is 0 Å². The first kappa shape index (κ1) is 18.6. The van der Waals surface area contributed by atoms with Crippen molar-refractivity contribution in [1.82, 2.24) is 15.0 Å². The number of unbranched alkanes of at least 4 members (excludes halogenated alkanes) is 2. The van der Waals surface area contributed by atoms with E-state index in [2.05, 4.69) is 66.5 Å². The molecule has 3 aromatic heterocycles. The Morgan fingerprint density at radius 2 is 1.50 bits per heavy atom. The van der Waals surface area contributed by atoms with Crippen molar-refractivity contribution in [2.24, 2.45) is 0 Å². The maximum absolute atomic E-state index is 4.99. The molecule has 0 unspecified atom stereocenters. The first-order valence-electron chi connectivity index (χ1n) is 10.5. The number of rotatable bonds is 5. The number of fused-ring (bicyclic) bond motifs is 5. The van der Waals surface area contributed by atoms with Crippen LogP contribution in [0.4, 0.5) is 0 Å². The summed E-state index contributed by atoms with van der Waals surface area (Å²) in [6, 6.07) is 19.8. The van der Waals surface area contributed by atoms with E-state index in [-0.39, 0.29) is 14.5 Å². The van der Waals surface area contributed by atoms with Crippen LogP contribution in [0.3, 0.4) is 0 Å². The Bertz CT molecular complexity index is 1510. The van der Waals surface area contributed by atoms with Crippen LogP contribution in [-0.4, -0.2) is 44.0 Å². The molecule has 6 aromatic rings. The van der Waals surface area contributed by atoms with Gasteiger partial charge in [0.2, 0.25) is 0 Å². The number of benzene rings is 3. The van der Waals surface area contributed by atoms with E-state index in [1.165, 1.54) is 69.8 Å². The average molecular weight is 521 g/mol. The van der Waals surface area contributed by atoms with Crippen molar-refractivity contribution >= 4 is 70.4 Å². The van der Waals surface area contributed by atoms with E-state index in [1.807, 2.05) is 0 Å². The Morgan fingerprint density at radius 1 is 0.800 bits per heavy atom. The van der Waals surface area contributed by atoms with Crippen molar-refractivity contribution in [1.29, 1.82) is 0 Å². The molecule has 0 aliphatic heterocycles. The molecule has 5 heteroatoms. The molecule has 1 N–H and O–H groups in total. The molecule has 30 heavy (non-hydrogen) atoms. The molecule has 0 fully saturated rings. The van der Waals surface area contributed by atoms with Crippen LogP contribution in [0.5, 0.6) is 0 Å². The van der Waals surface area contributed by atoms with Crippen LogP contribution in [0.25, 0.3) is 51.5 Å². The van der Waals surface area contributed by atoms with Crippen molar-refractivity contribution in [3.63, 3.8) is 0 Å². The number of aryl methyl sites for hydroxylation is 1. The van der Waals surface area contributed by atoms with Gasteiger partial charge in [-0.2, -0.15) is 0 Å². The van der Waals surface area contributed by atoms with Gasteiger partial charge >= 0.3 is 187 Å². The monoisotopic (exact) mass is 523 g/mol. The molecule has 0 bridgehead atoms. The van der Waals surface area contributed by atoms with Crippen LogP contribution in [0, 0.1) is 0 Å². The van der Waals surface area contributed by atoms with E-state index in [0.29, 0.717) is 14.5 Å². The van der Waals surface area contributed by atoms with Crippen molar-refractivity contribution in [2.45, 2.75) is 32.6 Å². The van der Waals surface area contributed by atoms with Crippen LogP contribution in [0.2, 0.25) is 0 Å². The fraction of sp³-hybridized carbons (Fsp3) is 0.200. The molecule has 0 amide bonds. The number of aromatic amines is 1. The minimum atomic E-state index is 0.255. The zero-order valence-electron chi connectivity index (χ0n) is 16.7. The fourth-order valence-corrected chi connectivity index (χ4v) is 8.37. The molecule has 3 aromatic carbocycles. The molecule has 0 aliphatic rings. The minimum absolute atomic E-state index is 0.255. The van der Waals surface area contributed by atoms with Gasteiger partial charge in [-0.25, -0.2) is 0 Å². The molecule has 0 spiro atoms. The normalized spacial score (nSPS) is 12.0. The van der Waals surface area contributed by atoms with Gasteiger partial charge in [0.15, 0.2) is 0 Å². The number of nitrogens with one attached hydrogen (secondary N) is 1. The Kier molecular flexibility index (Phi) is 4.66. The third-order valence-electron chi connectivity index (χ3n) is 5.67. The van der Waals surface area contributed by atoms with E-state index < -0.39 is 0 Å². The van der Waals surface area contributed by atoms with Crippen molar-refractivity contribution in [3.8, 4) is 10.1 Å². The first-order valence-corrected chi connectivity index (χ1v) is 13.9. The summed E-state index contributed by atoms with van der Waals surface area (Å²) < 4.78 is 5.42. The van der Waals surface area contributed by atoms with Gasteiger partial charge in [0, 0.05) is 0 Å². The number of nitrogens with zero attached hydrogens (tertiary/aromatic N) is 2. The maximum atomic E-state index is 4.99. The summed E-state index contributed by atoms with van der Waals surface area (Å²) in [5.41, 5.74) is 6.02. The van der Waals surface area contributed by atoms with Crippen LogP contribution >= 0.6 is 0 Å². The van der Waals surface area contributed by atoms with Crippen molar-refractivity contribution in [2.75, 3.05) is 0 Å². The summed E-state index contributed by atoms with van der Waals surface area (Å²) >= 11 is 0.638. The summed E-state index contributed by atoms with van der Waals surface area (Å²) in [6.07, 6.45) is 4.99. The van der Waals surface area contributed by atoms with E-state index in [1.54, 1.807) is 0 Å². The number of H-pyrrole nitrogens is 1. The number of hydrogen-bond acceptors (Lipinski definition) is 2. The summed E-state index contributed by atoms with van der Waals surface area (Å²) in [5.74, 6) is 0. The fourth-order valence-electron chi connectivity index (χ4n) is 4.13. The Balaban J connectivity index is 1.47. The summed E-state index contributed by atoms with van der Waals surface area (Å²) in [6.45, 7) is 2.26. The molecule has 3 nitrogen and oxygen atoms in total. The summed E-state index contributed by atoms with van der Waals surface area (Å²) in [4.78, 5) is 13.7. The Morgan fingerprint density at radius 3 is 2.23 bits per heavy atom. The summed E-state index contributed by atoms with van der Waals surface area (Å²) in [5, 5.41) is 2.54. The van der Waals surface area contributed by atoms with Crippen molar-refractivity contribution in [3.05, 3.63) is 59.2 Å². The van der Waals surface area contributed by atoms with Crippen LogP contribution < -0.4 is 0 Å².